The molecule has 2 aliphatic rings. The summed E-state index contributed by atoms with van der Waals surface area (Å²) in [5.74, 6) is -0.396. The Kier molecular flexibility index (Phi) is 5.06. The van der Waals surface area contributed by atoms with Gasteiger partial charge in [-0.15, -0.1) is 13.2 Å². The van der Waals surface area contributed by atoms with Gasteiger partial charge in [-0.3, -0.25) is 0 Å². The van der Waals surface area contributed by atoms with Crippen molar-refractivity contribution in [1.82, 2.24) is 0 Å². The number of rotatable bonds is 1. The lowest BCUT2D eigenvalue weighted by Gasteiger charge is -2.13. The molecule has 2 aliphatic carbocycles. The molecule has 0 unspecified atom stereocenters. The first-order chi connectivity index (χ1) is 17.2. The predicted molar refractivity (Wildman–Crippen MR) is 125 cm³/mol. The van der Waals surface area contributed by atoms with Crippen molar-refractivity contribution >= 4 is 11.4 Å². The monoisotopic (exact) mass is 478 g/mol. The summed E-state index contributed by atoms with van der Waals surface area (Å²) in [5, 5.41) is 20.4. The Hall–Kier alpha value is -5.05. The van der Waals surface area contributed by atoms with E-state index in [1.165, 1.54) is 12.1 Å². The van der Waals surface area contributed by atoms with Crippen LogP contribution in [0.15, 0.2) is 36.4 Å². The first-order valence-electron chi connectivity index (χ1n) is 10.7. The van der Waals surface area contributed by atoms with E-state index in [9.17, 15) is 23.7 Å². The second-order valence-electron chi connectivity index (χ2n) is 8.39. The number of aryl methyl sites for hydroxylation is 1. The van der Waals surface area contributed by atoms with Gasteiger partial charge in [-0.1, -0.05) is 30.3 Å². The van der Waals surface area contributed by atoms with Crippen LogP contribution in [0.5, 0.6) is 5.75 Å². The van der Waals surface area contributed by atoms with Crippen molar-refractivity contribution in [3.05, 3.63) is 97.5 Å². The van der Waals surface area contributed by atoms with Crippen LogP contribution in [0.2, 0.25) is 0 Å². The van der Waals surface area contributed by atoms with Crippen LogP contribution < -0.4 is 15.2 Å². The molecule has 0 saturated heterocycles. The Morgan fingerprint density at radius 2 is 1.33 bits per heavy atom. The molecule has 0 bridgehead atoms. The standard InChI is InChI=1S/C28H13F3N4O/c1-14-6-4-7-15-17(14)10-19-24(15)27(22(13-33)35-3)20-11-18-16(25(20)26(19)21(12-32)34-2)8-5-9-23(18)36-28(29,30)31/h4-9H,10-11H2,1H3/b26-21+,27-22-. The molecule has 5 nitrogen and oxygen atoms in total. The van der Waals surface area contributed by atoms with Gasteiger partial charge in [0.2, 0.25) is 0 Å². The van der Waals surface area contributed by atoms with Crippen molar-refractivity contribution in [2.75, 3.05) is 0 Å². The quantitative estimate of drug-likeness (QED) is 0.314. The SMILES string of the molecule is [C-]#[N+]/C(C#N)=c1/c2c(/c(=C(\C#N)[N+]#[C-])c3c1-c1cccc(C)c1C3)-c1cccc(OC(F)(F)F)c1C2. The van der Waals surface area contributed by atoms with Crippen molar-refractivity contribution in [2.45, 2.75) is 26.1 Å². The number of nitriles is 2. The Labute approximate surface area is 203 Å². The van der Waals surface area contributed by atoms with Crippen LogP contribution in [-0.4, -0.2) is 6.36 Å². The maximum Gasteiger partial charge on any atom is 0.573 e. The maximum atomic E-state index is 13.2. The molecule has 172 valence electrons. The molecule has 3 aromatic rings. The van der Waals surface area contributed by atoms with Gasteiger partial charge in [0.15, 0.2) is 0 Å². The van der Waals surface area contributed by atoms with Crippen LogP contribution in [0.25, 0.3) is 43.3 Å². The lowest BCUT2D eigenvalue weighted by Crippen LogP contribution is -2.25. The van der Waals surface area contributed by atoms with Crippen LogP contribution in [0.4, 0.5) is 13.2 Å². The van der Waals surface area contributed by atoms with Gasteiger partial charge in [0.1, 0.15) is 5.75 Å². The summed E-state index contributed by atoms with van der Waals surface area (Å²) in [6.07, 6.45) is -4.61. The summed E-state index contributed by atoms with van der Waals surface area (Å²) in [4.78, 5) is 6.90. The number of nitrogens with zero attached hydrogens (tertiary/aromatic N) is 4. The van der Waals surface area contributed by atoms with E-state index < -0.39 is 12.1 Å². The van der Waals surface area contributed by atoms with E-state index in [0.717, 1.165) is 16.7 Å². The van der Waals surface area contributed by atoms with E-state index >= 15 is 0 Å². The number of hydrogen-bond donors (Lipinski definition) is 0. The zero-order valence-corrected chi connectivity index (χ0v) is 18.7. The highest BCUT2D eigenvalue weighted by Gasteiger charge is 2.36. The average Bonchev–Trinajstić information content (AvgIpc) is 3.41. The lowest BCUT2D eigenvalue weighted by atomic mass is 9.90. The van der Waals surface area contributed by atoms with E-state index in [1.807, 2.05) is 37.3 Å². The van der Waals surface area contributed by atoms with Crippen molar-refractivity contribution in [3.8, 4) is 40.1 Å². The number of halogens is 3. The molecule has 0 aromatic heterocycles. The minimum Gasteiger partial charge on any atom is -0.405 e. The van der Waals surface area contributed by atoms with Crippen LogP contribution in [0, 0.1) is 42.7 Å². The fourth-order valence-electron chi connectivity index (χ4n) is 5.33. The largest absolute Gasteiger partial charge is 0.573 e. The molecular weight excluding hydrogens is 465 g/mol. The molecular formula is C28H13F3N4O. The van der Waals surface area contributed by atoms with Crippen molar-refractivity contribution in [1.29, 1.82) is 10.5 Å². The lowest BCUT2D eigenvalue weighted by molar-refractivity contribution is -0.274. The number of alkyl halides is 3. The minimum absolute atomic E-state index is 0.0505. The fraction of sp³-hybridized carbons (Fsp3) is 0.143. The minimum atomic E-state index is -4.92. The summed E-state index contributed by atoms with van der Waals surface area (Å²) in [6.45, 7) is 17.3. The third-order valence-corrected chi connectivity index (χ3v) is 6.63. The second-order valence-corrected chi connectivity index (χ2v) is 8.39. The molecule has 0 heterocycles. The summed E-state index contributed by atoms with van der Waals surface area (Å²) < 4.78 is 43.8. The Balaban J connectivity index is 2.05. The third-order valence-electron chi connectivity index (χ3n) is 6.63. The molecule has 0 saturated carbocycles. The van der Waals surface area contributed by atoms with Gasteiger partial charge in [-0.2, -0.15) is 0 Å². The Bertz CT molecular complexity index is 1770. The zero-order valence-electron chi connectivity index (χ0n) is 18.7. The maximum absolute atomic E-state index is 13.2. The molecule has 5 rings (SSSR count). The number of fused-ring (bicyclic) bond motifs is 6. The molecule has 36 heavy (non-hydrogen) atoms. The molecule has 8 heteroatoms. The van der Waals surface area contributed by atoms with Gasteiger partial charge in [0.25, 0.3) is 11.4 Å². The van der Waals surface area contributed by atoms with Gasteiger partial charge in [-0.05, 0) is 63.9 Å². The number of benzene rings is 3. The first kappa shape index (κ1) is 22.7. The Morgan fingerprint density at radius 1 is 0.833 bits per heavy atom. The highest BCUT2D eigenvalue weighted by Crippen LogP contribution is 2.44. The molecule has 0 radical (unpaired) electrons. The van der Waals surface area contributed by atoms with Crippen molar-refractivity contribution < 1.29 is 17.9 Å². The molecule has 0 aliphatic heterocycles. The van der Waals surface area contributed by atoms with Crippen LogP contribution in [-0.2, 0) is 12.8 Å². The van der Waals surface area contributed by atoms with Crippen LogP contribution in [0.3, 0.4) is 0 Å². The summed E-state index contributed by atoms with van der Waals surface area (Å²) in [7, 11) is 0. The first-order valence-corrected chi connectivity index (χ1v) is 10.7. The fourth-order valence-corrected chi connectivity index (χ4v) is 5.33. The van der Waals surface area contributed by atoms with Gasteiger partial charge >= 0.3 is 6.36 Å². The average molecular weight is 478 g/mol. The van der Waals surface area contributed by atoms with Crippen LogP contribution in [0.1, 0.15) is 27.8 Å². The number of ether oxygens (including phenoxy) is 1. The highest BCUT2D eigenvalue weighted by atomic mass is 19.4. The van der Waals surface area contributed by atoms with E-state index in [4.69, 9.17) is 13.1 Å². The van der Waals surface area contributed by atoms with Crippen molar-refractivity contribution in [3.63, 3.8) is 0 Å². The highest BCUT2D eigenvalue weighted by molar-refractivity contribution is 5.93. The molecule has 0 atom stereocenters. The second kappa shape index (κ2) is 8.02. The third kappa shape index (κ3) is 3.21. The van der Waals surface area contributed by atoms with E-state index in [0.29, 0.717) is 44.7 Å². The van der Waals surface area contributed by atoms with Gasteiger partial charge in [0.05, 0.1) is 25.3 Å². The smallest absolute Gasteiger partial charge is 0.405 e. The molecule has 0 N–H and O–H groups in total. The predicted octanol–water partition coefficient (Wildman–Crippen LogP) is 5.14. The zero-order chi connectivity index (χ0) is 25.8. The summed E-state index contributed by atoms with van der Waals surface area (Å²) in [5.41, 5.74) is 4.97. The van der Waals surface area contributed by atoms with Crippen molar-refractivity contribution in [2.24, 2.45) is 0 Å². The molecule has 0 amide bonds. The Morgan fingerprint density at radius 3 is 1.83 bits per heavy atom. The van der Waals surface area contributed by atoms with Crippen LogP contribution >= 0.6 is 0 Å². The van der Waals surface area contributed by atoms with Gasteiger partial charge < -0.3 is 4.74 Å². The molecule has 0 spiro atoms. The summed E-state index contributed by atoms with van der Waals surface area (Å²) >= 11 is 0. The number of hydrogen-bond acceptors (Lipinski definition) is 3. The topological polar surface area (TPSA) is 65.5 Å². The summed E-state index contributed by atoms with van der Waals surface area (Å²) in [6, 6.07) is 13.8. The van der Waals surface area contributed by atoms with Gasteiger partial charge in [0, 0.05) is 22.4 Å². The van der Waals surface area contributed by atoms with Gasteiger partial charge in [-0.25, -0.2) is 20.2 Å². The van der Waals surface area contributed by atoms with E-state index in [2.05, 4.69) is 14.4 Å². The molecule has 0 fully saturated rings. The van der Waals surface area contributed by atoms with E-state index in [1.54, 1.807) is 6.07 Å². The molecule has 3 aromatic carbocycles. The normalized spacial score (nSPS) is 14.1. The van der Waals surface area contributed by atoms with E-state index in [-0.39, 0.29) is 23.4 Å².